The van der Waals surface area contributed by atoms with Gasteiger partial charge in [-0.1, -0.05) is 57.2 Å². The molecule has 0 aliphatic heterocycles. The van der Waals surface area contributed by atoms with E-state index in [2.05, 4.69) is 11.9 Å². The van der Waals surface area contributed by atoms with Crippen LogP contribution in [0.3, 0.4) is 0 Å². The topological polar surface area (TPSA) is 69.6 Å². The number of aliphatic hydroxyl groups excluding tert-OH is 1. The molecule has 0 heterocycles. The van der Waals surface area contributed by atoms with Gasteiger partial charge in [-0.3, -0.25) is 9.59 Å². The zero-order valence-corrected chi connectivity index (χ0v) is 15.3. The monoisotopic (exact) mass is 346 g/mol. The molecule has 0 bridgehead atoms. The number of nitrogens with zero attached hydrogens (tertiary/aromatic N) is 1. The number of aryl methyl sites for hydroxylation is 1. The normalized spacial score (nSPS) is 11.6. The summed E-state index contributed by atoms with van der Waals surface area (Å²) in [4.78, 5) is 26.5. The Morgan fingerprint density at radius 1 is 1.20 bits per heavy atom. The van der Waals surface area contributed by atoms with Crippen LogP contribution >= 0.6 is 0 Å². The highest BCUT2D eigenvalue weighted by molar-refractivity contribution is 5.87. The van der Waals surface area contributed by atoms with E-state index in [0.717, 1.165) is 18.4 Å². The molecule has 0 aromatic heterocycles. The van der Waals surface area contributed by atoms with Crippen molar-refractivity contribution in [1.82, 2.24) is 10.2 Å². The summed E-state index contributed by atoms with van der Waals surface area (Å²) in [5.41, 5.74) is 1.10. The van der Waals surface area contributed by atoms with Gasteiger partial charge in [0.05, 0.1) is 6.54 Å². The third-order valence-corrected chi connectivity index (χ3v) is 3.87. The van der Waals surface area contributed by atoms with Gasteiger partial charge in [-0.2, -0.15) is 0 Å². The lowest BCUT2D eigenvalue weighted by Crippen LogP contribution is -2.49. The first kappa shape index (κ1) is 20.7. The van der Waals surface area contributed by atoms with Crippen LogP contribution in [0, 0.1) is 0 Å². The minimum Gasteiger partial charge on any atom is -0.511 e. The summed E-state index contributed by atoms with van der Waals surface area (Å²) >= 11 is 0. The van der Waals surface area contributed by atoms with E-state index in [1.54, 1.807) is 4.90 Å². The average Bonchev–Trinajstić information content (AvgIpc) is 2.59. The third kappa shape index (κ3) is 7.88. The summed E-state index contributed by atoms with van der Waals surface area (Å²) in [7, 11) is 0. The zero-order valence-electron chi connectivity index (χ0n) is 15.3. The fourth-order valence-electron chi connectivity index (χ4n) is 2.69. The molecule has 0 radical (unpaired) electrons. The quantitative estimate of drug-likeness (QED) is 0.605. The third-order valence-electron chi connectivity index (χ3n) is 3.87. The summed E-state index contributed by atoms with van der Waals surface area (Å²) in [6.45, 7) is 8.04. The Labute approximate surface area is 150 Å². The molecule has 1 rings (SSSR count). The van der Waals surface area contributed by atoms with Crippen molar-refractivity contribution in [1.29, 1.82) is 0 Å². The molecule has 0 spiro atoms. The second kappa shape index (κ2) is 11.3. The molecule has 5 nitrogen and oxygen atoms in total. The molecule has 25 heavy (non-hydrogen) atoms. The van der Waals surface area contributed by atoms with E-state index < -0.39 is 6.04 Å². The van der Waals surface area contributed by atoms with Gasteiger partial charge in [-0.05, 0) is 24.8 Å². The maximum Gasteiger partial charge on any atom is 0.245 e. The lowest BCUT2D eigenvalue weighted by atomic mass is 10.1. The summed E-state index contributed by atoms with van der Waals surface area (Å²) in [6.07, 6.45) is 3.13. The summed E-state index contributed by atoms with van der Waals surface area (Å²) < 4.78 is 0. The van der Waals surface area contributed by atoms with Crippen LogP contribution in [-0.4, -0.2) is 41.0 Å². The van der Waals surface area contributed by atoms with Crippen molar-refractivity contribution in [2.45, 2.75) is 52.0 Å². The lowest BCUT2D eigenvalue weighted by molar-refractivity contribution is -0.136. The molecular weight excluding hydrogens is 316 g/mol. The molecule has 1 aromatic carbocycles. The van der Waals surface area contributed by atoms with Crippen LogP contribution in [0.15, 0.2) is 42.7 Å². The summed E-state index contributed by atoms with van der Waals surface area (Å²) in [6, 6.07) is 9.24. The molecule has 0 aliphatic carbocycles. The van der Waals surface area contributed by atoms with Gasteiger partial charge < -0.3 is 15.3 Å². The first-order valence-electron chi connectivity index (χ1n) is 8.96. The Morgan fingerprint density at radius 2 is 1.88 bits per heavy atom. The summed E-state index contributed by atoms with van der Waals surface area (Å²) in [5.74, 6) is -0.339. The predicted octanol–water partition coefficient (Wildman–Crippen LogP) is 3.21. The second-order valence-corrected chi connectivity index (χ2v) is 6.22. The number of benzene rings is 1. The van der Waals surface area contributed by atoms with Crippen LogP contribution in [0.25, 0.3) is 0 Å². The van der Waals surface area contributed by atoms with E-state index in [1.807, 2.05) is 44.2 Å². The number of carbonyl (C=O) groups excluding carboxylic acids is 2. The van der Waals surface area contributed by atoms with Gasteiger partial charge in [0.25, 0.3) is 0 Å². The molecular formula is C20H30N2O3. The molecule has 5 heteroatoms. The Kier molecular flexibility index (Phi) is 9.37. The van der Waals surface area contributed by atoms with Crippen molar-refractivity contribution in [3.63, 3.8) is 0 Å². The Bertz CT molecular complexity index is 557. The Balaban J connectivity index is 2.65. The van der Waals surface area contributed by atoms with Crippen molar-refractivity contribution in [2.75, 3.05) is 13.1 Å². The number of rotatable bonds is 11. The second-order valence-electron chi connectivity index (χ2n) is 6.22. The van der Waals surface area contributed by atoms with E-state index in [0.29, 0.717) is 25.8 Å². The molecule has 0 fully saturated rings. The van der Waals surface area contributed by atoms with Crippen molar-refractivity contribution < 1.29 is 14.7 Å². The standard InChI is InChI=1S/C20H30N2O3/c1-4-9-18(20(25)22(14-5-2)15-16(3)23)21-19(24)13-12-17-10-7-6-8-11-17/h6-8,10-11,18,23H,3-5,9,12-15H2,1-2H3,(H,21,24). The van der Waals surface area contributed by atoms with Crippen molar-refractivity contribution in [3.05, 3.63) is 48.2 Å². The number of aliphatic hydroxyl groups is 1. The fourth-order valence-corrected chi connectivity index (χ4v) is 2.69. The van der Waals surface area contributed by atoms with Crippen LogP contribution in [0.5, 0.6) is 0 Å². The van der Waals surface area contributed by atoms with Gasteiger partial charge in [0.1, 0.15) is 11.8 Å². The minimum atomic E-state index is -0.556. The molecule has 2 amide bonds. The number of carbonyl (C=O) groups is 2. The Morgan fingerprint density at radius 3 is 2.44 bits per heavy atom. The van der Waals surface area contributed by atoms with E-state index >= 15 is 0 Å². The van der Waals surface area contributed by atoms with E-state index in [9.17, 15) is 14.7 Å². The smallest absolute Gasteiger partial charge is 0.245 e. The molecule has 138 valence electrons. The highest BCUT2D eigenvalue weighted by atomic mass is 16.3. The van der Waals surface area contributed by atoms with Crippen LogP contribution in [0.2, 0.25) is 0 Å². The van der Waals surface area contributed by atoms with Gasteiger partial charge >= 0.3 is 0 Å². The first-order chi connectivity index (χ1) is 12.0. The zero-order chi connectivity index (χ0) is 18.7. The molecule has 0 saturated heterocycles. The molecule has 1 unspecified atom stereocenters. The number of nitrogens with one attached hydrogen (secondary N) is 1. The molecule has 2 N–H and O–H groups in total. The SMILES string of the molecule is C=C(O)CN(CCC)C(=O)C(CCC)NC(=O)CCc1ccccc1. The number of hydrogen-bond donors (Lipinski definition) is 2. The number of hydrogen-bond acceptors (Lipinski definition) is 3. The predicted molar refractivity (Wildman–Crippen MR) is 100 cm³/mol. The maximum atomic E-state index is 12.7. The van der Waals surface area contributed by atoms with E-state index in [1.165, 1.54) is 0 Å². The van der Waals surface area contributed by atoms with Crippen LogP contribution in [-0.2, 0) is 16.0 Å². The van der Waals surface area contributed by atoms with Crippen LogP contribution in [0.1, 0.15) is 45.1 Å². The van der Waals surface area contributed by atoms with Crippen LogP contribution < -0.4 is 5.32 Å². The maximum absolute atomic E-state index is 12.7. The number of amides is 2. The Hall–Kier alpha value is -2.30. The van der Waals surface area contributed by atoms with Crippen LogP contribution in [0.4, 0.5) is 0 Å². The van der Waals surface area contributed by atoms with E-state index in [-0.39, 0.29) is 24.1 Å². The van der Waals surface area contributed by atoms with Gasteiger partial charge in [-0.15, -0.1) is 0 Å². The summed E-state index contributed by atoms with van der Waals surface area (Å²) in [5, 5.41) is 12.3. The molecule has 1 atom stereocenters. The largest absolute Gasteiger partial charge is 0.511 e. The molecule has 0 aliphatic rings. The first-order valence-corrected chi connectivity index (χ1v) is 8.96. The highest BCUT2D eigenvalue weighted by Gasteiger charge is 2.25. The van der Waals surface area contributed by atoms with Crippen molar-refractivity contribution in [3.8, 4) is 0 Å². The van der Waals surface area contributed by atoms with Gasteiger partial charge in [0.2, 0.25) is 11.8 Å². The van der Waals surface area contributed by atoms with Gasteiger partial charge in [0.15, 0.2) is 0 Å². The average molecular weight is 346 g/mol. The van der Waals surface area contributed by atoms with Crippen molar-refractivity contribution in [2.24, 2.45) is 0 Å². The minimum absolute atomic E-state index is 0.0487. The van der Waals surface area contributed by atoms with Crippen molar-refractivity contribution >= 4 is 11.8 Å². The van der Waals surface area contributed by atoms with Gasteiger partial charge in [-0.25, -0.2) is 0 Å². The lowest BCUT2D eigenvalue weighted by Gasteiger charge is -2.27. The van der Waals surface area contributed by atoms with E-state index in [4.69, 9.17) is 0 Å². The molecule has 0 saturated carbocycles. The van der Waals surface area contributed by atoms with Gasteiger partial charge in [0, 0.05) is 13.0 Å². The fraction of sp³-hybridized carbons (Fsp3) is 0.500. The highest BCUT2D eigenvalue weighted by Crippen LogP contribution is 2.07. The molecule has 1 aromatic rings.